The Morgan fingerprint density at radius 1 is 1.42 bits per heavy atom. The highest BCUT2D eigenvalue weighted by Crippen LogP contribution is 2.43. The Balaban J connectivity index is 1.69. The van der Waals surface area contributed by atoms with E-state index in [4.69, 9.17) is 4.74 Å². The van der Waals surface area contributed by atoms with Crippen LogP contribution >= 0.6 is 0 Å². The van der Waals surface area contributed by atoms with Gasteiger partial charge in [-0.1, -0.05) is 29.8 Å². The zero-order chi connectivity index (χ0) is 16.7. The van der Waals surface area contributed by atoms with Gasteiger partial charge in [0.1, 0.15) is 0 Å². The number of esters is 1. The molecule has 0 saturated carbocycles. The normalized spacial score (nSPS) is 25.5. The van der Waals surface area contributed by atoms with Crippen LogP contribution < -0.4 is 0 Å². The third kappa shape index (κ3) is 2.46. The predicted molar refractivity (Wildman–Crippen MR) is 94.8 cm³/mol. The number of nitrogens with one attached hydrogen (secondary N) is 1. The summed E-state index contributed by atoms with van der Waals surface area (Å²) in [7, 11) is 1.48. The molecule has 2 aromatic rings. The average Bonchev–Trinajstić information content (AvgIpc) is 3.00. The van der Waals surface area contributed by atoms with Crippen LogP contribution in [0.1, 0.15) is 37.1 Å². The maximum Gasteiger partial charge on any atom is 0.306 e. The maximum atomic E-state index is 11.8. The molecule has 24 heavy (non-hydrogen) atoms. The van der Waals surface area contributed by atoms with Gasteiger partial charge in [-0.05, 0) is 37.3 Å². The molecule has 2 aliphatic rings. The Labute approximate surface area is 142 Å². The van der Waals surface area contributed by atoms with Gasteiger partial charge in [-0.3, -0.25) is 9.69 Å². The van der Waals surface area contributed by atoms with E-state index in [1.54, 1.807) is 0 Å². The minimum absolute atomic E-state index is 0.111. The molecule has 0 aliphatic carbocycles. The number of carbonyl (C=O) groups is 1. The number of H-pyrrole nitrogens is 1. The molecule has 1 N–H and O–H groups in total. The topological polar surface area (TPSA) is 45.3 Å². The number of benzene rings is 1. The van der Waals surface area contributed by atoms with Gasteiger partial charge in [0.25, 0.3) is 0 Å². The van der Waals surface area contributed by atoms with Crippen LogP contribution in [0.3, 0.4) is 0 Å². The van der Waals surface area contributed by atoms with E-state index in [9.17, 15) is 4.79 Å². The second kappa shape index (κ2) is 6.10. The number of aromatic nitrogens is 1. The molecule has 0 radical (unpaired) electrons. The van der Waals surface area contributed by atoms with Gasteiger partial charge in [0.2, 0.25) is 0 Å². The van der Waals surface area contributed by atoms with E-state index in [1.807, 2.05) is 0 Å². The summed E-state index contributed by atoms with van der Waals surface area (Å²) >= 11 is 0. The van der Waals surface area contributed by atoms with Gasteiger partial charge in [0.15, 0.2) is 0 Å². The number of hydrogen-bond acceptors (Lipinski definition) is 3. The molecule has 2 aliphatic heterocycles. The maximum absolute atomic E-state index is 11.8. The van der Waals surface area contributed by atoms with Crippen LogP contribution in [0.5, 0.6) is 0 Å². The molecule has 0 unspecified atom stereocenters. The van der Waals surface area contributed by atoms with Crippen molar-refractivity contribution < 1.29 is 9.53 Å². The number of allylic oxidation sites excluding steroid dienone is 1. The molecule has 1 aromatic carbocycles. The summed E-state index contributed by atoms with van der Waals surface area (Å²) in [4.78, 5) is 18.0. The first-order valence-electron chi connectivity index (χ1n) is 8.76. The second-order valence-corrected chi connectivity index (χ2v) is 6.88. The van der Waals surface area contributed by atoms with Crippen LogP contribution in [0, 0.1) is 5.92 Å². The lowest BCUT2D eigenvalue weighted by molar-refractivity contribution is -0.141. The van der Waals surface area contributed by atoms with Crippen LogP contribution in [-0.4, -0.2) is 36.1 Å². The highest BCUT2D eigenvalue weighted by Gasteiger charge is 2.38. The fraction of sp³-hybridized carbons (Fsp3) is 0.450. The van der Waals surface area contributed by atoms with E-state index in [0.717, 1.165) is 25.9 Å². The fourth-order valence-corrected chi connectivity index (χ4v) is 4.44. The number of fused-ring (bicyclic) bond motifs is 5. The van der Waals surface area contributed by atoms with E-state index < -0.39 is 0 Å². The van der Waals surface area contributed by atoms with Gasteiger partial charge in [-0.2, -0.15) is 0 Å². The first-order chi connectivity index (χ1) is 11.7. The molecule has 0 amide bonds. The first kappa shape index (κ1) is 15.5. The summed E-state index contributed by atoms with van der Waals surface area (Å²) in [5.74, 6) is 0.168. The highest BCUT2D eigenvalue weighted by atomic mass is 16.5. The molecule has 2 atom stereocenters. The van der Waals surface area contributed by atoms with Gasteiger partial charge >= 0.3 is 5.97 Å². The summed E-state index contributed by atoms with van der Waals surface area (Å²) in [6.45, 7) is 4.12. The van der Waals surface area contributed by atoms with Crippen molar-refractivity contribution in [1.82, 2.24) is 9.88 Å². The van der Waals surface area contributed by atoms with E-state index in [1.165, 1.54) is 34.8 Å². The molecule has 126 valence electrons. The van der Waals surface area contributed by atoms with Crippen molar-refractivity contribution in [3.05, 3.63) is 47.2 Å². The minimum atomic E-state index is -0.111. The van der Waals surface area contributed by atoms with Crippen LogP contribution in [0.4, 0.5) is 0 Å². The monoisotopic (exact) mass is 324 g/mol. The molecule has 3 heterocycles. The SMILES string of the molecule is C/C=C1\CN2CCc3c([nH]c4ccccc34)[C@@H]2C[C@@H]1CC(=O)OC. The molecule has 4 rings (SSSR count). The number of hydrogen-bond donors (Lipinski definition) is 1. The second-order valence-electron chi connectivity index (χ2n) is 6.88. The van der Waals surface area contributed by atoms with E-state index in [0.29, 0.717) is 12.5 Å². The van der Waals surface area contributed by atoms with Crippen molar-refractivity contribution in [3.63, 3.8) is 0 Å². The fourth-order valence-electron chi connectivity index (χ4n) is 4.44. The van der Waals surface area contributed by atoms with Crippen molar-refractivity contribution in [3.8, 4) is 0 Å². The number of para-hydroxylation sites is 1. The molecule has 1 fully saturated rings. The smallest absolute Gasteiger partial charge is 0.306 e. The molecule has 4 nitrogen and oxygen atoms in total. The number of rotatable bonds is 2. The Morgan fingerprint density at radius 2 is 2.25 bits per heavy atom. The molecule has 4 heteroatoms. The van der Waals surface area contributed by atoms with Crippen LogP contribution in [-0.2, 0) is 16.0 Å². The summed E-state index contributed by atoms with van der Waals surface area (Å²) in [6.07, 6.45) is 4.74. The lowest BCUT2D eigenvalue weighted by Gasteiger charge is -2.43. The predicted octanol–water partition coefficient (Wildman–Crippen LogP) is 3.60. The Morgan fingerprint density at radius 3 is 3.04 bits per heavy atom. The number of ether oxygens (including phenoxy) is 1. The number of carbonyl (C=O) groups excluding carboxylic acids is 1. The number of methoxy groups -OCH3 is 1. The zero-order valence-corrected chi connectivity index (χ0v) is 14.3. The Bertz CT molecular complexity index is 805. The van der Waals surface area contributed by atoms with E-state index in [2.05, 4.69) is 47.1 Å². The molecule has 1 aromatic heterocycles. The van der Waals surface area contributed by atoms with Gasteiger partial charge < -0.3 is 9.72 Å². The summed E-state index contributed by atoms with van der Waals surface area (Å²) in [5.41, 5.74) is 5.42. The number of aromatic amines is 1. The van der Waals surface area contributed by atoms with Crippen molar-refractivity contribution in [2.24, 2.45) is 5.92 Å². The third-order valence-corrected chi connectivity index (χ3v) is 5.70. The van der Waals surface area contributed by atoms with Crippen LogP contribution in [0.2, 0.25) is 0 Å². The quantitative estimate of drug-likeness (QED) is 0.678. The molecule has 0 spiro atoms. The molecular formula is C20H24N2O2. The summed E-state index contributed by atoms with van der Waals surface area (Å²) in [5, 5.41) is 1.36. The Hall–Kier alpha value is -2.07. The van der Waals surface area contributed by atoms with Gasteiger partial charge in [0.05, 0.1) is 19.6 Å². The zero-order valence-electron chi connectivity index (χ0n) is 14.3. The average molecular weight is 324 g/mol. The number of nitrogens with zero attached hydrogens (tertiary/aromatic N) is 1. The molecular weight excluding hydrogens is 300 g/mol. The number of piperidine rings is 1. The van der Waals surface area contributed by atoms with E-state index in [-0.39, 0.29) is 11.9 Å². The summed E-state index contributed by atoms with van der Waals surface area (Å²) in [6, 6.07) is 8.94. The molecule has 1 saturated heterocycles. The lowest BCUT2D eigenvalue weighted by Crippen LogP contribution is -2.43. The van der Waals surface area contributed by atoms with Crippen LogP contribution in [0.15, 0.2) is 35.9 Å². The first-order valence-corrected chi connectivity index (χ1v) is 8.76. The summed E-state index contributed by atoms with van der Waals surface area (Å²) < 4.78 is 4.91. The Kier molecular flexibility index (Phi) is 3.93. The van der Waals surface area contributed by atoms with Gasteiger partial charge in [0, 0.05) is 29.7 Å². The van der Waals surface area contributed by atoms with E-state index >= 15 is 0 Å². The van der Waals surface area contributed by atoms with Gasteiger partial charge in [-0.25, -0.2) is 0 Å². The lowest BCUT2D eigenvalue weighted by atomic mass is 9.80. The third-order valence-electron chi connectivity index (χ3n) is 5.70. The largest absolute Gasteiger partial charge is 0.469 e. The minimum Gasteiger partial charge on any atom is -0.469 e. The highest BCUT2D eigenvalue weighted by molar-refractivity contribution is 5.85. The van der Waals surface area contributed by atoms with Crippen molar-refractivity contribution in [2.45, 2.75) is 32.2 Å². The molecule has 0 bridgehead atoms. The standard InChI is InChI=1S/C20H24N2O2/c1-3-13-12-22-9-8-16-15-6-4-5-7-17(15)21-20(16)18(22)10-14(13)11-19(23)24-2/h3-7,14,18,21H,8-12H2,1-2H3/b13-3+/t14-,18+/m1/s1. The van der Waals surface area contributed by atoms with Crippen molar-refractivity contribution in [1.29, 1.82) is 0 Å². The van der Waals surface area contributed by atoms with Gasteiger partial charge in [-0.15, -0.1) is 0 Å². The van der Waals surface area contributed by atoms with Crippen molar-refractivity contribution in [2.75, 3.05) is 20.2 Å². The van der Waals surface area contributed by atoms with Crippen LogP contribution in [0.25, 0.3) is 10.9 Å². The van der Waals surface area contributed by atoms with Crippen molar-refractivity contribution >= 4 is 16.9 Å².